The van der Waals surface area contributed by atoms with Crippen LogP contribution in [0.4, 0.5) is 14.4 Å². The van der Waals surface area contributed by atoms with Gasteiger partial charge in [0.15, 0.2) is 0 Å². The van der Waals surface area contributed by atoms with E-state index in [0.29, 0.717) is 45.1 Å². The summed E-state index contributed by atoms with van der Waals surface area (Å²) in [5, 5.41) is 27.5. The fraction of sp³-hybridized carbons (Fsp3) is 0.848. The number of nitrogens with one attached hydrogen (secondary N) is 3. The minimum atomic E-state index is -1.72. The molecule has 0 heterocycles. The van der Waals surface area contributed by atoms with Gasteiger partial charge in [0.1, 0.15) is 24.7 Å². The second-order valence-corrected chi connectivity index (χ2v) is 22.6. The molecule has 17 nitrogen and oxygen atoms in total. The number of hydrogen-bond acceptors (Lipinski definition) is 13. The third-order valence-corrected chi connectivity index (χ3v) is 12.8. The van der Waals surface area contributed by atoms with Gasteiger partial charge >= 0.3 is 30.2 Å². The molecule has 63 heavy (non-hydrogen) atoms. The highest BCUT2D eigenvalue weighted by molar-refractivity contribution is 5.76. The normalized spacial score (nSPS) is 29.1. The van der Waals surface area contributed by atoms with Crippen LogP contribution in [0.25, 0.3) is 0 Å². The number of isocyanates is 1. The van der Waals surface area contributed by atoms with Gasteiger partial charge in [0.2, 0.25) is 6.08 Å². The molecule has 0 bridgehead atoms. The number of aliphatic carboxylic acids is 1. The van der Waals surface area contributed by atoms with Crippen molar-refractivity contribution in [1.29, 1.82) is 5.26 Å². The van der Waals surface area contributed by atoms with Gasteiger partial charge in [-0.3, -0.25) is 9.59 Å². The number of aliphatic imine (C=N–C) groups is 1. The predicted octanol–water partition coefficient (Wildman–Crippen LogP) is 7.81. The number of hydrogen-bond donors (Lipinski definition) is 4. The first-order valence-corrected chi connectivity index (χ1v) is 22.3. The van der Waals surface area contributed by atoms with Crippen LogP contribution in [0.5, 0.6) is 0 Å². The van der Waals surface area contributed by atoms with Crippen LogP contribution in [0.15, 0.2) is 4.99 Å². The second-order valence-electron chi connectivity index (χ2n) is 22.6. The third-order valence-electron chi connectivity index (χ3n) is 12.8. The lowest BCUT2D eigenvalue weighted by Gasteiger charge is -2.46. The number of amides is 3. The average molecular weight is 890 g/mol. The number of rotatable bonds is 20. The molecule has 17 heteroatoms. The molecule has 3 unspecified atom stereocenters. The van der Waals surface area contributed by atoms with Gasteiger partial charge in [-0.25, -0.2) is 24.2 Å². The fourth-order valence-electron chi connectivity index (χ4n) is 11.4. The van der Waals surface area contributed by atoms with Gasteiger partial charge in [0, 0.05) is 25.6 Å². The first-order chi connectivity index (χ1) is 29.1. The topological polar surface area (TPSA) is 241 Å². The van der Waals surface area contributed by atoms with E-state index in [9.17, 15) is 33.9 Å². The van der Waals surface area contributed by atoms with Gasteiger partial charge in [0.05, 0.1) is 19.8 Å². The largest absolute Gasteiger partial charge is 0.481 e. The number of nitriles is 1. The van der Waals surface area contributed by atoms with Crippen molar-refractivity contribution in [2.45, 2.75) is 158 Å². The minimum Gasteiger partial charge on any atom is -0.481 e. The van der Waals surface area contributed by atoms with E-state index in [2.05, 4.69) is 69.4 Å². The summed E-state index contributed by atoms with van der Waals surface area (Å²) in [6.45, 7) is 20.3. The van der Waals surface area contributed by atoms with Crippen LogP contribution < -0.4 is 16.0 Å². The molecule has 3 rings (SSSR count). The number of unbranched alkanes of at least 4 members (excludes halogenated alkanes) is 1. The number of alkyl carbamates (subject to hydrolysis) is 3. The lowest BCUT2D eigenvalue weighted by molar-refractivity contribution is -0.153. The van der Waals surface area contributed by atoms with E-state index < -0.39 is 42.9 Å². The number of ether oxygens (including phenoxy) is 5. The molecule has 4 N–H and O–H groups in total. The monoisotopic (exact) mass is 890 g/mol. The standard InChI is InChI=1S/C46H75N5O12/c1-40(2)16-32(15-35(53)59-13-11-12-14-60-37(56)49-27-45(9)21-34(63-30-47)20-42(5,6)24-45)17-43(7,22-40)26-50-38(57)61-28-46(10,36(54)55)29-62-39(58)51-33-18-41(3,4)23-44(8,19-33)25-48-31-52/h32-34H,11-29H2,1-10H3,(H,49,56)(H,50,57)(H,51,58)(H,54,55)/t32?,33?,34?,43-,44+,45-,46+/m1/s1. The third kappa shape index (κ3) is 18.2. The lowest BCUT2D eigenvalue weighted by atomic mass is 9.60. The zero-order valence-corrected chi connectivity index (χ0v) is 39.5. The van der Waals surface area contributed by atoms with Gasteiger partial charge in [-0.15, -0.1) is 0 Å². The van der Waals surface area contributed by atoms with Crippen LogP contribution in [0.1, 0.15) is 146 Å². The molecule has 3 fully saturated rings. The van der Waals surface area contributed by atoms with Crippen molar-refractivity contribution in [1.82, 2.24) is 16.0 Å². The Labute approximate surface area is 373 Å². The number of carbonyl (C=O) groups excluding carboxylic acids is 5. The zero-order valence-electron chi connectivity index (χ0n) is 39.5. The number of carboxylic acids is 1. The minimum absolute atomic E-state index is 0.00585. The molecule has 0 spiro atoms. The molecule has 0 saturated heterocycles. The molecule has 0 aromatic rings. The summed E-state index contributed by atoms with van der Waals surface area (Å²) in [6, 6.07) is -0.279. The van der Waals surface area contributed by atoms with Gasteiger partial charge in [-0.05, 0) is 116 Å². The number of esters is 1. The Kier molecular flexibility index (Phi) is 18.3. The number of nitrogens with zero attached hydrogens (tertiary/aromatic N) is 2. The molecule has 0 radical (unpaired) electrons. The van der Waals surface area contributed by atoms with E-state index in [1.807, 2.05) is 13.8 Å². The Bertz CT molecular complexity index is 1710. The zero-order chi connectivity index (χ0) is 47.3. The molecule has 3 amide bonds. The van der Waals surface area contributed by atoms with E-state index in [1.165, 1.54) is 6.92 Å². The first-order valence-electron chi connectivity index (χ1n) is 22.3. The van der Waals surface area contributed by atoms with Gasteiger partial charge in [0.25, 0.3) is 6.26 Å². The molecule has 3 saturated carbocycles. The molecule has 3 aliphatic carbocycles. The van der Waals surface area contributed by atoms with Gasteiger partial charge < -0.3 is 44.7 Å². The number of carboxylic acid groups (broad SMARTS) is 1. The van der Waals surface area contributed by atoms with Crippen LogP contribution in [0.3, 0.4) is 0 Å². The highest BCUT2D eigenvalue weighted by atomic mass is 16.6. The van der Waals surface area contributed by atoms with Crippen LogP contribution in [0.2, 0.25) is 0 Å². The Balaban J connectivity index is 1.38. The van der Waals surface area contributed by atoms with E-state index in [1.54, 1.807) is 12.3 Å². The van der Waals surface area contributed by atoms with Crippen LogP contribution >= 0.6 is 0 Å². The Hall–Kier alpha value is -4.58. The van der Waals surface area contributed by atoms with Crippen LogP contribution in [-0.4, -0.2) is 99.6 Å². The maximum atomic E-state index is 12.9. The smallest absolute Gasteiger partial charge is 0.407 e. The Morgan fingerprint density at radius 3 is 1.81 bits per heavy atom. The van der Waals surface area contributed by atoms with E-state index >= 15 is 0 Å². The van der Waals surface area contributed by atoms with Crippen molar-refractivity contribution < 1.29 is 57.6 Å². The van der Waals surface area contributed by atoms with E-state index in [0.717, 1.165) is 32.1 Å². The summed E-state index contributed by atoms with van der Waals surface area (Å²) in [7, 11) is 0. The highest BCUT2D eigenvalue weighted by Crippen LogP contribution is 2.50. The summed E-state index contributed by atoms with van der Waals surface area (Å²) < 4.78 is 26.9. The van der Waals surface area contributed by atoms with Gasteiger partial charge in [-0.1, -0.05) is 62.3 Å². The molecule has 7 atom stereocenters. The van der Waals surface area contributed by atoms with Crippen molar-refractivity contribution in [3.05, 3.63) is 0 Å². The first kappa shape index (κ1) is 52.8. The Morgan fingerprint density at radius 1 is 0.698 bits per heavy atom. The lowest BCUT2D eigenvalue weighted by Crippen LogP contribution is -2.49. The quantitative estimate of drug-likeness (QED) is 0.0228. The average Bonchev–Trinajstić information content (AvgIpc) is 3.13. The van der Waals surface area contributed by atoms with Crippen molar-refractivity contribution in [2.24, 2.45) is 48.8 Å². The summed E-state index contributed by atoms with van der Waals surface area (Å²) in [5.74, 6) is -1.62. The summed E-state index contributed by atoms with van der Waals surface area (Å²) >= 11 is 0. The molecule has 356 valence electrons. The predicted molar refractivity (Wildman–Crippen MR) is 232 cm³/mol. The van der Waals surface area contributed by atoms with Crippen LogP contribution in [0, 0.1) is 55.3 Å². The molecule has 3 aliphatic rings. The van der Waals surface area contributed by atoms with Crippen molar-refractivity contribution >= 4 is 36.3 Å². The summed E-state index contributed by atoms with van der Waals surface area (Å²) in [4.78, 5) is 77.9. The maximum absolute atomic E-state index is 12.9. The SMILES string of the molecule is CC1(C)CC(NC(=O)OC[C@](C)(COC(=O)NC[C@]2(C)CC(CC(=O)OCCCCOC(=O)NC[C@]3(C)CC(OC#N)CC(C)(C)C3)CC(C)(C)C2)C(=O)O)C[C@](C)(CN=C=O)C1. The molecule has 0 aromatic carbocycles. The van der Waals surface area contributed by atoms with E-state index in [4.69, 9.17) is 28.9 Å². The van der Waals surface area contributed by atoms with Crippen LogP contribution in [-0.2, 0) is 38.1 Å². The molecular formula is C46H75N5O12. The van der Waals surface area contributed by atoms with Gasteiger partial charge in [-0.2, -0.15) is 5.26 Å². The summed E-state index contributed by atoms with van der Waals surface area (Å²) in [5.41, 5.74) is -2.97. The van der Waals surface area contributed by atoms with Crippen molar-refractivity contribution in [3.63, 3.8) is 0 Å². The Morgan fingerprint density at radius 2 is 1.22 bits per heavy atom. The molecular weight excluding hydrogens is 815 g/mol. The van der Waals surface area contributed by atoms with Crippen molar-refractivity contribution in [3.8, 4) is 6.26 Å². The van der Waals surface area contributed by atoms with E-state index in [-0.39, 0.29) is 89.2 Å². The molecule has 0 aliphatic heterocycles. The highest BCUT2D eigenvalue weighted by Gasteiger charge is 2.45. The summed E-state index contributed by atoms with van der Waals surface area (Å²) in [6.07, 6.45) is 8.92. The molecule has 0 aromatic heterocycles. The fourth-order valence-corrected chi connectivity index (χ4v) is 11.4. The number of carbonyl (C=O) groups is 5. The maximum Gasteiger partial charge on any atom is 0.407 e. The van der Waals surface area contributed by atoms with Crippen molar-refractivity contribution in [2.75, 3.05) is 46.1 Å². The second kappa shape index (κ2) is 21.9.